The number of nitrogens with zero attached hydrogens (tertiary/aromatic N) is 2. The van der Waals surface area contributed by atoms with E-state index in [-0.39, 0.29) is 5.69 Å². The van der Waals surface area contributed by atoms with E-state index in [0.717, 1.165) is 5.56 Å². The van der Waals surface area contributed by atoms with Crippen LogP contribution >= 0.6 is 0 Å². The van der Waals surface area contributed by atoms with Crippen LogP contribution in [0.3, 0.4) is 0 Å². The lowest BCUT2D eigenvalue weighted by molar-refractivity contribution is 0.0690. The smallest absolute Gasteiger partial charge is 0.354 e. The van der Waals surface area contributed by atoms with Crippen molar-refractivity contribution < 1.29 is 9.90 Å². The summed E-state index contributed by atoms with van der Waals surface area (Å²) in [4.78, 5) is 18.7. The molecule has 2 rings (SSSR count). The molecule has 0 fully saturated rings. The topological polar surface area (TPSA) is 75.1 Å². The van der Waals surface area contributed by atoms with E-state index in [9.17, 15) is 4.79 Å². The van der Waals surface area contributed by atoms with E-state index in [1.54, 1.807) is 0 Å². The molecule has 5 nitrogen and oxygen atoms in total. The molecule has 0 unspecified atom stereocenters. The maximum absolute atomic E-state index is 10.8. The van der Waals surface area contributed by atoms with Gasteiger partial charge in [0.25, 0.3) is 0 Å². The Morgan fingerprint density at radius 1 is 1.25 bits per heavy atom. The number of carbonyl (C=O) groups is 1. The Labute approximate surface area is 117 Å². The summed E-state index contributed by atoms with van der Waals surface area (Å²) in [6.45, 7) is 4.86. The zero-order valence-corrected chi connectivity index (χ0v) is 11.5. The van der Waals surface area contributed by atoms with Crippen LogP contribution in [-0.4, -0.2) is 21.0 Å². The lowest BCUT2D eigenvalue weighted by Crippen LogP contribution is -2.07. The van der Waals surface area contributed by atoms with Gasteiger partial charge in [-0.05, 0) is 23.1 Å². The molecule has 1 heterocycles. The van der Waals surface area contributed by atoms with E-state index >= 15 is 0 Å². The van der Waals surface area contributed by atoms with Gasteiger partial charge in [-0.3, -0.25) is 0 Å². The predicted molar refractivity (Wildman–Crippen MR) is 76.8 cm³/mol. The summed E-state index contributed by atoms with van der Waals surface area (Å²) in [6, 6.07) is 9.64. The highest BCUT2D eigenvalue weighted by atomic mass is 16.4. The van der Waals surface area contributed by atoms with Crippen LogP contribution in [-0.2, 0) is 6.54 Å². The van der Waals surface area contributed by atoms with Crippen molar-refractivity contribution in [3.05, 3.63) is 53.3 Å². The van der Waals surface area contributed by atoms with Gasteiger partial charge in [0.15, 0.2) is 5.69 Å². The van der Waals surface area contributed by atoms with Gasteiger partial charge < -0.3 is 10.4 Å². The SMILES string of the molecule is CC(C)c1ccc(CNc2nccc(C(=O)O)n2)cc1. The zero-order chi connectivity index (χ0) is 14.5. The van der Waals surface area contributed by atoms with Crippen LogP contribution in [0.5, 0.6) is 0 Å². The molecule has 2 aromatic rings. The predicted octanol–water partition coefficient (Wildman–Crippen LogP) is 2.91. The first-order valence-electron chi connectivity index (χ1n) is 6.45. The highest BCUT2D eigenvalue weighted by molar-refractivity contribution is 5.85. The first-order valence-corrected chi connectivity index (χ1v) is 6.45. The standard InChI is InChI=1S/C15H17N3O2/c1-10(2)12-5-3-11(4-6-12)9-17-15-16-8-7-13(18-15)14(19)20/h3-8,10H,9H2,1-2H3,(H,19,20)(H,16,17,18). The van der Waals surface area contributed by atoms with Gasteiger partial charge in [-0.2, -0.15) is 0 Å². The Kier molecular flexibility index (Phi) is 4.30. The molecule has 0 radical (unpaired) electrons. The largest absolute Gasteiger partial charge is 0.477 e. The van der Waals surface area contributed by atoms with Crippen LogP contribution < -0.4 is 5.32 Å². The summed E-state index contributed by atoms with van der Waals surface area (Å²) in [7, 11) is 0. The first kappa shape index (κ1) is 14.0. The van der Waals surface area contributed by atoms with Crippen molar-refractivity contribution in [3.63, 3.8) is 0 Å². The highest BCUT2D eigenvalue weighted by Gasteiger charge is 2.06. The lowest BCUT2D eigenvalue weighted by atomic mass is 10.0. The number of hydrogen-bond donors (Lipinski definition) is 2. The summed E-state index contributed by atoms with van der Waals surface area (Å²) in [5.74, 6) is -0.234. The maximum Gasteiger partial charge on any atom is 0.354 e. The lowest BCUT2D eigenvalue weighted by Gasteiger charge is -2.08. The fraction of sp³-hybridized carbons (Fsp3) is 0.267. The van der Waals surface area contributed by atoms with Crippen molar-refractivity contribution in [2.24, 2.45) is 0 Å². The third-order valence-electron chi connectivity index (χ3n) is 2.97. The Bertz CT molecular complexity index is 594. The molecule has 0 saturated heterocycles. The molecule has 5 heteroatoms. The number of aromatic nitrogens is 2. The second-order valence-electron chi connectivity index (χ2n) is 4.82. The van der Waals surface area contributed by atoms with E-state index in [0.29, 0.717) is 18.4 Å². The molecule has 0 aliphatic carbocycles. The number of carboxylic acid groups (broad SMARTS) is 1. The number of carboxylic acids is 1. The number of aromatic carboxylic acids is 1. The van der Waals surface area contributed by atoms with Gasteiger partial charge in [0.2, 0.25) is 5.95 Å². The Morgan fingerprint density at radius 3 is 2.55 bits per heavy atom. The van der Waals surface area contributed by atoms with Gasteiger partial charge in [-0.1, -0.05) is 38.1 Å². The molecule has 0 bridgehead atoms. The van der Waals surface area contributed by atoms with Crippen molar-refractivity contribution >= 4 is 11.9 Å². The van der Waals surface area contributed by atoms with Gasteiger partial charge in [-0.25, -0.2) is 14.8 Å². The Morgan fingerprint density at radius 2 is 1.95 bits per heavy atom. The van der Waals surface area contributed by atoms with E-state index < -0.39 is 5.97 Å². The molecule has 104 valence electrons. The summed E-state index contributed by atoms with van der Waals surface area (Å²) >= 11 is 0. The third-order valence-corrected chi connectivity index (χ3v) is 2.97. The van der Waals surface area contributed by atoms with E-state index in [2.05, 4.69) is 41.3 Å². The van der Waals surface area contributed by atoms with Gasteiger partial charge >= 0.3 is 5.97 Å². The molecule has 0 aliphatic rings. The Hall–Kier alpha value is -2.43. The summed E-state index contributed by atoms with van der Waals surface area (Å²) in [5, 5.41) is 11.9. The molecular weight excluding hydrogens is 254 g/mol. The molecule has 0 saturated carbocycles. The first-order chi connectivity index (χ1) is 9.56. The Balaban J connectivity index is 2.01. The van der Waals surface area contributed by atoms with E-state index in [1.165, 1.54) is 17.8 Å². The third kappa shape index (κ3) is 3.54. The van der Waals surface area contributed by atoms with Crippen molar-refractivity contribution in [2.45, 2.75) is 26.3 Å². The second kappa shape index (κ2) is 6.14. The highest BCUT2D eigenvalue weighted by Crippen LogP contribution is 2.15. The fourth-order valence-corrected chi connectivity index (χ4v) is 1.76. The molecule has 0 atom stereocenters. The van der Waals surface area contributed by atoms with Crippen molar-refractivity contribution in [1.29, 1.82) is 0 Å². The summed E-state index contributed by atoms with van der Waals surface area (Å²) in [6.07, 6.45) is 1.43. The summed E-state index contributed by atoms with van der Waals surface area (Å²) in [5.41, 5.74) is 2.37. The molecule has 0 amide bonds. The van der Waals surface area contributed by atoms with Crippen LogP contribution in [0.4, 0.5) is 5.95 Å². The van der Waals surface area contributed by atoms with Gasteiger partial charge in [-0.15, -0.1) is 0 Å². The van der Waals surface area contributed by atoms with Crippen LogP contribution in [0.15, 0.2) is 36.5 Å². The molecule has 20 heavy (non-hydrogen) atoms. The molecule has 0 spiro atoms. The molecule has 2 N–H and O–H groups in total. The molecule has 1 aromatic carbocycles. The van der Waals surface area contributed by atoms with Crippen molar-refractivity contribution in [2.75, 3.05) is 5.32 Å². The van der Waals surface area contributed by atoms with Crippen LogP contribution in [0.2, 0.25) is 0 Å². The fourth-order valence-electron chi connectivity index (χ4n) is 1.76. The quantitative estimate of drug-likeness (QED) is 0.874. The van der Waals surface area contributed by atoms with Gasteiger partial charge in [0, 0.05) is 12.7 Å². The van der Waals surface area contributed by atoms with Crippen LogP contribution in [0.1, 0.15) is 41.4 Å². The molecular formula is C15H17N3O2. The minimum absolute atomic E-state index is 0.0161. The number of nitrogens with one attached hydrogen (secondary N) is 1. The number of hydrogen-bond acceptors (Lipinski definition) is 4. The monoisotopic (exact) mass is 271 g/mol. The van der Waals surface area contributed by atoms with Crippen LogP contribution in [0.25, 0.3) is 0 Å². The minimum atomic E-state index is -1.06. The molecule has 1 aromatic heterocycles. The van der Waals surface area contributed by atoms with Crippen molar-refractivity contribution in [1.82, 2.24) is 9.97 Å². The van der Waals surface area contributed by atoms with Gasteiger partial charge in [0.05, 0.1) is 0 Å². The zero-order valence-electron chi connectivity index (χ0n) is 11.5. The normalized spacial score (nSPS) is 10.6. The average Bonchev–Trinajstić information content (AvgIpc) is 2.46. The number of anilines is 1. The minimum Gasteiger partial charge on any atom is -0.477 e. The van der Waals surface area contributed by atoms with Crippen LogP contribution in [0, 0.1) is 0 Å². The van der Waals surface area contributed by atoms with E-state index in [4.69, 9.17) is 5.11 Å². The van der Waals surface area contributed by atoms with Gasteiger partial charge in [0.1, 0.15) is 0 Å². The summed E-state index contributed by atoms with van der Waals surface area (Å²) < 4.78 is 0. The van der Waals surface area contributed by atoms with E-state index in [1.807, 2.05) is 12.1 Å². The second-order valence-corrected chi connectivity index (χ2v) is 4.82. The molecule has 0 aliphatic heterocycles. The average molecular weight is 271 g/mol. The van der Waals surface area contributed by atoms with Crippen molar-refractivity contribution in [3.8, 4) is 0 Å². The number of benzene rings is 1. The number of rotatable bonds is 5. The maximum atomic E-state index is 10.8.